The minimum atomic E-state index is -1.07. The molecule has 1 atom stereocenters. The summed E-state index contributed by atoms with van der Waals surface area (Å²) < 4.78 is 0. The van der Waals surface area contributed by atoms with Crippen molar-refractivity contribution < 1.29 is 14.4 Å². The largest absolute Gasteiger partial charge is 0.325 e. The second-order valence-corrected chi connectivity index (χ2v) is 9.58. The molecule has 1 spiro atoms. The number of hydrogen-bond donors (Lipinski definition) is 2. The van der Waals surface area contributed by atoms with Gasteiger partial charge in [0, 0.05) is 10.9 Å². The molecular weight excluding hydrogens is 436 g/mol. The highest BCUT2D eigenvalue weighted by Crippen LogP contribution is 2.41. The summed E-state index contributed by atoms with van der Waals surface area (Å²) in [4.78, 5) is 44.1. The van der Waals surface area contributed by atoms with Crippen LogP contribution in [0.2, 0.25) is 0 Å². The number of thiazole rings is 1. The number of carbonyl (C=O) groups excluding carboxylic acids is 3. The summed E-state index contributed by atoms with van der Waals surface area (Å²) in [6.45, 7) is 5.81. The van der Waals surface area contributed by atoms with Crippen molar-refractivity contribution in [3.63, 3.8) is 0 Å². The number of imide groups is 1. The summed E-state index contributed by atoms with van der Waals surface area (Å²) in [6, 6.07) is 11.3. The maximum absolute atomic E-state index is 13.2. The third kappa shape index (κ3) is 3.51. The van der Waals surface area contributed by atoms with Crippen molar-refractivity contribution in [1.29, 1.82) is 0 Å². The van der Waals surface area contributed by atoms with Crippen LogP contribution in [0.15, 0.2) is 41.8 Å². The minimum Gasteiger partial charge on any atom is -0.319 e. The Hall–Kier alpha value is -3.52. The highest BCUT2D eigenvalue weighted by atomic mass is 32.1. The van der Waals surface area contributed by atoms with Crippen LogP contribution < -0.4 is 10.6 Å². The quantitative estimate of drug-likeness (QED) is 0.574. The molecule has 1 aliphatic carbocycles. The van der Waals surface area contributed by atoms with Gasteiger partial charge in [0.05, 0.1) is 5.69 Å². The first kappa shape index (κ1) is 21.3. The smallest absolute Gasteiger partial charge is 0.319 e. The minimum absolute atomic E-state index is 0.355. The number of benzene rings is 2. The number of rotatable bonds is 4. The zero-order chi connectivity index (χ0) is 23.3. The number of fused-ring (bicyclic) bond motifs is 2. The molecule has 2 aromatic carbocycles. The highest BCUT2D eigenvalue weighted by Gasteiger charge is 2.55. The molecule has 2 aliphatic rings. The first-order chi connectivity index (χ1) is 15.8. The molecule has 7 nitrogen and oxygen atoms in total. The van der Waals surface area contributed by atoms with Crippen LogP contribution in [0.3, 0.4) is 0 Å². The summed E-state index contributed by atoms with van der Waals surface area (Å²) in [5.74, 6) is -0.835. The van der Waals surface area contributed by atoms with Gasteiger partial charge in [0.25, 0.3) is 5.91 Å². The third-order valence-electron chi connectivity index (χ3n) is 6.59. The maximum atomic E-state index is 13.2. The molecule has 5 rings (SSSR count). The fraction of sp³-hybridized carbons (Fsp3) is 0.280. The van der Waals surface area contributed by atoms with Crippen LogP contribution in [0, 0.1) is 20.8 Å². The Labute approximate surface area is 195 Å². The SMILES string of the molecule is Cc1cc(C)c(-c2csc(NC(=O)CN3C(=O)NC4(CCc5ccccc54)C3=O)n2)cc1C. The Bertz CT molecular complexity index is 1310. The second-order valence-electron chi connectivity index (χ2n) is 8.72. The number of urea groups is 1. The van der Waals surface area contributed by atoms with Gasteiger partial charge in [-0.1, -0.05) is 30.3 Å². The van der Waals surface area contributed by atoms with Crippen molar-refractivity contribution in [2.45, 2.75) is 39.2 Å². The van der Waals surface area contributed by atoms with Gasteiger partial charge < -0.3 is 10.6 Å². The van der Waals surface area contributed by atoms with Crippen LogP contribution in [0.25, 0.3) is 11.3 Å². The standard InChI is InChI=1S/C25H24N4O3S/c1-14-10-16(3)18(11-15(14)2)20-13-33-23(26-20)27-21(30)12-29-22(31)25(28-24(29)32)9-8-17-6-4-5-7-19(17)25/h4-7,10-11,13H,8-9,12H2,1-3H3,(H,28,32)(H,26,27,30). The van der Waals surface area contributed by atoms with E-state index < -0.39 is 17.5 Å². The normalized spacial score (nSPS) is 19.2. The molecule has 1 aliphatic heterocycles. The van der Waals surface area contributed by atoms with Crippen LogP contribution in [0.1, 0.15) is 34.2 Å². The number of nitrogens with zero attached hydrogens (tertiary/aromatic N) is 2. The summed E-state index contributed by atoms with van der Waals surface area (Å²) in [6.07, 6.45) is 1.21. The van der Waals surface area contributed by atoms with Gasteiger partial charge in [-0.25, -0.2) is 9.78 Å². The highest BCUT2D eigenvalue weighted by molar-refractivity contribution is 7.14. The molecule has 2 N–H and O–H groups in total. The van der Waals surface area contributed by atoms with Crippen LogP contribution in [-0.4, -0.2) is 34.3 Å². The number of anilines is 1. The van der Waals surface area contributed by atoms with Gasteiger partial charge in [0.1, 0.15) is 12.1 Å². The van der Waals surface area contributed by atoms with Crippen molar-refractivity contribution in [1.82, 2.24) is 15.2 Å². The lowest BCUT2D eigenvalue weighted by atomic mass is 9.92. The number of hydrogen-bond acceptors (Lipinski definition) is 5. The molecule has 0 saturated carbocycles. The second kappa shape index (κ2) is 7.81. The van der Waals surface area contributed by atoms with Crippen LogP contribution in [-0.2, 0) is 21.5 Å². The summed E-state index contributed by atoms with van der Waals surface area (Å²) in [5.41, 5.74) is 6.12. The van der Waals surface area contributed by atoms with Crippen LogP contribution in [0.5, 0.6) is 0 Å². The molecule has 33 heavy (non-hydrogen) atoms. The van der Waals surface area contributed by atoms with E-state index in [1.165, 1.54) is 22.5 Å². The average molecular weight is 461 g/mol. The van der Waals surface area contributed by atoms with E-state index in [1.807, 2.05) is 36.6 Å². The number of aromatic nitrogens is 1. The van der Waals surface area contributed by atoms with E-state index in [-0.39, 0.29) is 12.5 Å². The van der Waals surface area contributed by atoms with Crippen LogP contribution >= 0.6 is 11.3 Å². The Morgan fingerprint density at radius 1 is 1.15 bits per heavy atom. The van der Waals surface area contributed by atoms with Gasteiger partial charge in [0.15, 0.2) is 5.13 Å². The van der Waals surface area contributed by atoms with Crippen molar-refractivity contribution in [2.75, 3.05) is 11.9 Å². The Morgan fingerprint density at radius 2 is 1.91 bits per heavy atom. The number of carbonyl (C=O) groups is 3. The Morgan fingerprint density at radius 3 is 2.73 bits per heavy atom. The fourth-order valence-electron chi connectivity index (χ4n) is 4.73. The molecule has 3 aromatic rings. The molecular formula is C25H24N4O3S. The molecule has 1 saturated heterocycles. The first-order valence-corrected chi connectivity index (χ1v) is 11.7. The van der Waals surface area contributed by atoms with Crippen molar-refractivity contribution >= 4 is 34.3 Å². The lowest BCUT2D eigenvalue weighted by Crippen LogP contribution is -2.42. The van der Waals surface area contributed by atoms with E-state index >= 15 is 0 Å². The van der Waals surface area contributed by atoms with Gasteiger partial charge in [-0.3, -0.25) is 14.5 Å². The number of amides is 4. The van der Waals surface area contributed by atoms with Crippen molar-refractivity contribution in [3.8, 4) is 11.3 Å². The van der Waals surface area contributed by atoms with E-state index in [1.54, 1.807) is 0 Å². The Kier molecular flexibility index (Phi) is 5.05. The predicted octanol–water partition coefficient (Wildman–Crippen LogP) is 4.07. The zero-order valence-electron chi connectivity index (χ0n) is 18.7. The van der Waals surface area contributed by atoms with Crippen molar-refractivity contribution in [2.24, 2.45) is 0 Å². The van der Waals surface area contributed by atoms with Crippen LogP contribution in [0.4, 0.5) is 9.93 Å². The summed E-state index contributed by atoms with van der Waals surface area (Å²) >= 11 is 1.31. The topological polar surface area (TPSA) is 91.4 Å². The first-order valence-electron chi connectivity index (χ1n) is 10.8. The zero-order valence-corrected chi connectivity index (χ0v) is 19.5. The Balaban J connectivity index is 1.30. The van der Waals surface area contributed by atoms with Gasteiger partial charge in [0.2, 0.25) is 5.91 Å². The average Bonchev–Trinajstić information content (AvgIpc) is 3.45. The van der Waals surface area contributed by atoms with Crippen molar-refractivity contribution in [3.05, 3.63) is 69.6 Å². The summed E-state index contributed by atoms with van der Waals surface area (Å²) in [7, 11) is 0. The van der Waals surface area contributed by atoms with Gasteiger partial charge in [-0.05, 0) is 67.5 Å². The van der Waals surface area contributed by atoms with Gasteiger partial charge in [-0.15, -0.1) is 11.3 Å². The maximum Gasteiger partial charge on any atom is 0.325 e. The number of aryl methyl sites for hydroxylation is 4. The molecule has 1 unspecified atom stereocenters. The molecule has 8 heteroatoms. The lowest BCUT2D eigenvalue weighted by Gasteiger charge is -2.22. The third-order valence-corrected chi connectivity index (χ3v) is 7.35. The monoisotopic (exact) mass is 460 g/mol. The molecule has 2 heterocycles. The lowest BCUT2D eigenvalue weighted by molar-refractivity contribution is -0.134. The molecule has 0 bridgehead atoms. The van der Waals surface area contributed by atoms with E-state index in [4.69, 9.17) is 0 Å². The predicted molar refractivity (Wildman–Crippen MR) is 127 cm³/mol. The number of nitrogens with one attached hydrogen (secondary N) is 2. The molecule has 168 valence electrons. The molecule has 1 aromatic heterocycles. The fourth-order valence-corrected chi connectivity index (χ4v) is 5.45. The van der Waals surface area contributed by atoms with Gasteiger partial charge >= 0.3 is 6.03 Å². The van der Waals surface area contributed by atoms with E-state index in [2.05, 4.69) is 41.6 Å². The van der Waals surface area contributed by atoms with Gasteiger partial charge in [-0.2, -0.15) is 0 Å². The summed E-state index contributed by atoms with van der Waals surface area (Å²) in [5, 5.41) is 7.90. The van der Waals surface area contributed by atoms with E-state index in [9.17, 15) is 14.4 Å². The van der Waals surface area contributed by atoms with E-state index in [0.29, 0.717) is 18.0 Å². The van der Waals surface area contributed by atoms with E-state index in [0.717, 1.165) is 32.8 Å². The molecule has 4 amide bonds. The molecule has 0 radical (unpaired) electrons. The molecule has 1 fully saturated rings.